The first-order valence-corrected chi connectivity index (χ1v) is 5.31. The first kappa shape index (κ1) is 9.81. The van der Waals surface area contributed by atoms with E-state index in [4.69, 9.17) is 16.3 Å². The third-order valence-electron chi connectivity index (χ3n) is 2.40. The van der Waals surface area contributed by atoms with Crippen LogP contribution in [0.4, 0.5) is 0 Å². The first-order chi connectivity index (χ1) is 6.79. The Balaban J connectivity index is 2.12. The minimum absolute atomic E-state index is 0.285. The molecule has 1 atom stereocenters. The summed E-state index contributed by atoms with van der Waals surface area (Å²) in [5.41, 5.74) is 2.37. The predicted octanol–water partition coefficient (Wildman–Crippen LogP) is 1.76. The highest BCUT2D eigenvalue weighted by Crippen LogP contribution is 2.26. The van der Waals surface area contributed by atoms with Crippen molar-refractivity contribution in [2.24, 2.45) is 0 Å². The fraction of sp³-hybridized carbons (Fsp3) is 0.455. The maximum atomic E-state index is 9.40. The number of aliphatic hydroxyl groups excluding tert-OH is 1. The summed E-state index contributed by atoms with van der Waals surface area (Å²) in [5.74, 6) is 1.27. The Bertz CT molecular complexity index is 325. The van der Waals surface area contributed by atoms with E-state index in [1.54, 1.807) is 0 Å². The van der Waals surface area contributed by atoms with Crippen LogP contribution in [0.1, 0.15) is 11.1 Å². The van der Waals surface area contributed by atoms with Crippen LogP contribution in [0, 0.1) is 0 Å². The van der Waals surface area contributed by atoms with Gasteiger partial charge in [-0.15, -0.1) is 11.6 Å². The van der Waals surface area contributed by atoms with E-state index >= 15 is 0 Å². The lowest BCUT2D eigenvalue weighted by Crippen LogP contribution is -2.11. The van der Waals surface area contributed by atoms with Crippen LogP contribution in [0.15, 0.2) is 18.2 Å². The molecule has 1 N–H and O–H groups in total. The molecule has 1 aromatic rings. The maximum Gasteiger partial charge on any atom is 0.122 e. The molecule has 76 valence electrons. The molecule has 1 aliphatic heterocycles. The van der Waals surface area contributed by atoms with Gasteiger partial charge < -0.3 is 9.84 Å². The fourth-order valence-corrected chi connectivity index (χ4v) is 1.80. The summed E-state index contributed by atoms with van der Waals surface area (Å²) in [6.07, 6.45) is 1.15. The summed E-state index contributed by atoms with van der Waals surface area (Å²) < 4.78 is 5.40. The minimum atomic E-state index is -0.447. The zero-order valence-corrected chi connectivity index (χ0v) is 8.63. The zero-order chi connectivity index (χ0) is 9.97. The van der Waals surface area contributed by atoms with Crippen molar-refractivity contribution < 1.29 is 9.84 Å². The fourth-order valence-electron chi connectivity index (χ4n) is 1.69. The number of aliphatic hydroxyl groups is 1. The molecule has 0 bridgehead atoms. The van der Waals surface area contributed by atoms with Crippen molar-refractivity contribution in [3.05, 3.63) is 29.3 Å². The van der Waals surface area contributed by atoms with Crippen molar-refractivity contribution in [2.45, 2.75) is 18.9 Å². The van der Waals surface area contributed by atoms with Gasteiger partial charge in [-0.25, -0.2) is 0 Å². The van der Waals surface area contributed by atoms with Gasteiger partial charge in [0.2, 0.25) is 0 Å². The molecule has 3 heteroatoms. The molecular formula is C11H13ClO2. The largest absolute Gasteiger partial charge is 0.493 e. The van der Waals surface area contributed by atoms with Crippen molar-refractivity contribution in [3.8, 4) is 5.75 Å². The zero-order valence-electron chi connectivity index (χ0n) is 7.87. The topological polar surface area (TPSA) is 29.5 Å². The third kappa shape index (κ3) is 2.02. The molecule has 1 aliphatic rings. The molecule has 1 unspecified atom stereocenters. The van der Waals surface area contributed by atoms with E-state index in [0.29, 0.717) is 6.42 Å². The minimum Gasteiger partial charge on any atom is -0.493 e. The summed E-state index contributed by atoms with van der Waals surface area (Å²) in [6.45, 7) is 0.775. The van der Waals surface area contributed by atoms with Crippen LogP contribution < -0.4 is 4.74 Å². The summed E-state index contributed by atoms with van der Waals surface area (Å²) >= 11 is 5.54. The van der Waals surface area contributed by atoms with Gasteiger partial charge in [-0.3, -0.25) is 0 Å². The van der Waals surface area contributed by atoms with Crippen LogP contribution in [0.5, 0.6) is 5.75 Å². The van der Waals surface area contributed by atoms with Gasteiger partial charge in [0, 0.05) is 12.3 Å². The number of ether oxygens (including phenoxy) is 1. The second-order valence-electron chi connectivity index (χ2n) is 3.55. The van der Waals surface area contributed by atoms with Crippen molar-refractivity contribution in [3.63, 3.8) is 0 Å². The number of benzene rings is 1. The van der Waals surface area contributed by atoms with Gasteiger partial charge in [-0.2, -0.15) is 0 Å². The van der Waals surface area contributed by atoms with Crippen LogP contribution in [0.3, 0.4) is 0 Å². The molecule has 0 radical (unpaired) electrons. The number of alkyl halides is 1. The molecule has 0 spiro atoms. The van der Waals surface area contributed by atoms with Gasteiger partial charge in [0.1, 0.15) is 5.75 Å². The van der Waals surface area contributed by atoms with E-state index in [2.05, 4.69) is 6.07 Å². The van der Waals surface area contributed by atoms with E-state index < -0.39 is 6.10 Å². The van der Waals surface area contributed by atoms with Crippen molar-refractivity contribution in [1.82, 2.24) is 0 Å². The Hall–Kier alpha value is -0.730. The highest BCUT2D eigenvalue weighted by molar-refractivity contribution is 6.18. The number of hydrogen-bond donors (Lipinski definition) is 1. The molecule has 0 aliphatic carbocycles. The van der Waals surface area contributed by atoms with Crippen molar-refractivity contribution >= 4 is 11.6 Å². The average Bonchev–Trinajstić information content (AvgIpc) is 2.64. The van der Waals surface area contributed by atoms with Gasteiger partial charge in [0.05, 0.1) is 12.7 Å². The quantitative estimate of drug-likeness (QED) is 0.774. The lowest BCUT2D eigenvalue weighted by molar-refractivity contribution is 0.198. The van der Waals surface area contributed by atoms with Gasteiger partial charge in [-0.1, -0.05) is 12.1 Å². The molecule has 0 fully saturated rings. The van der Waals surface area contributed by atoms with Gasteiger partial charge in [-0.05, 0) is 23.6 Å². The number of rotatable bonds is 3. The van der Waals surface area contributed by atoms with Crippen molar-refractivity contribution in [1.29, 1.82) is 0 Å². The number of fused-ring (bicyclic) bond motifs is 1. The van der Waals surface area contributed by atoms with Gasteiger partial charge >= 0.3 is 0 Å². The Morgan fingerprint density at radius 1 is 1.50 bits per heavy atom. The Morgan fingerprint density at radius 2 is 2.36 bits per heavy atom. The molecule has 0 amide bonds. The predicted molar refractivity (Wildman–Crippen MR) is 56.1 cm³/mol. The van der Waals surface area contributed by atoms with Crippen LogP contribution in [-0.4, -0.2) is 23.7 Å². The molecule has 14 heavy (non-hydrogen) atoms. The number of hydrogen-bond acceptors (Lipinski definition) is 2. The Morgan fingerprint density at radius 3 is 3.14 bits per heavy atom. The van der Waals surface area contributed by atoms with Crippen LogP contribution in [-0.2, 0) is 12.8 Å². The van der Waals surface area contributed by atoms with Crippen LogP contribution in [0.25, 0.3) is 0 Å². The molecule has 1 heterocycles. The summed E-state index contributed by atoms with van der Waals surface area (Å²) in [7, 11) is 0. The second-order valence-corrected chi connectivity index (χ2v) is 3.86. The van der Waals surface area contributed by atoms with Crippen LogP contribution >= 0.6 is 11.6 Å². The van der Waals surface area contributed by atoms with E-state index in [9.17, 15) is 5.11 Å². The maximum absolute atomic E-state index is 9.40. The van der Waals surface area contributed by atoms with Gasteiger partial charge in [0.25, 0.3) is 0 Å². The summed E-state index contributed by atoms with van der Waals surface area (Å²) in [4.78, 5) is 0. The van der Waals surface area contributed by atoms with Crippen LogP contribution in [0.2, 0.25) is 0 Å². The first-order valence-electron chi connectivity index (χ1n) is 4.78. The molecule has 1 aromatic carbocycles. The number of halogens is 1. The molecule has 0 saturated heterocycles. The lowest BCUT2D eigenvalue weighted by Gasteiger charge is -2.07. The smallest absolute Gasteiger partial charge is 0.122 e. The van der Waals surface area contributed by atoms with E-state index in [1.807, 2.05) is 12.1 Å². The van der Waals surface area contributed by atoms with E-state index in [-0.39, 0.29) is 5.88 Å². The molecule has 0 saturated carbocycles. The lowest BCUT2D eigenvalue weighted by atomic mass is 10.0. The standard InChI is InChI=1S/C11H13ClO2/c12-7-10(13)6-8-1-2-11-9(5-8)3-4-14-11/h1-2,5,10,13H,3-4,6-7H2. The SMILES string of the molecule is OC(CCl)Cc1ccc2c(c1)CCO2. The Kier molecular flexibility index (Phi) is 2.94. The molecule has 2 nitrogen and oxygen atoms in total. The highest BCUT2D eigenvalue weighted by atomic mass is 35.5. The van der Waals surface area contributed by atoms with Crippen molar-refractivity contribution in [2.75, 3.05) is 12.5 Å². The molecule has 2 rings (SSSR count). The highest BCUT2D eigenvalue weighted by Gasteiger charge is 2.13. The molecular weight excluding hydrogens is 200 g/mol. The summed E-state index contributed by atoms with van der Waals surface area (Å²) in [6, 6.07) is 6.05. The average molecular weight is 213 g/mol. The van der Waals surface area contributed by atoms with Gasteiger partial charge in [0.15, 0.2) is 0 Å². The normalized spacial score (nSPS) is 16.1. The molecule has 0 aromatic heterocycles. The second kappa shape index (κ2) is 4.20. The van der Waals surface area contributed by atoms with E-state index in [0.717, 1.165) is 24.3 Å². The summed E-state index contributed by atoms with van der Waals surface area (Å²) in [5, 5.41) is 9.40. The van der Waals surface area contributed by atoms with E-state index in [1.165, 1.54) is 5.56 Å². The monoisotopic (exact) mass is 212 g/mol. The Labute approximate surface area is 88.5 Å². The third-order valence-corrected chi connectivity index (χ3v) is 2.76.